The maximum Gasteiger partial charge on any atom is 0.178 e. The van der Waals surface area contributed by atoms with E-state index in [2.05, 4.69) is 11.9 Å². The fraction of sp³-hybridized carbons (Fsp3) is 0.500. The lowest BCUT2D eigenvalue weighted by molar-refractivity contribution is 0.444. The van der Waals surface area contributed by atoms with Crippen LogP contribution in [0.5, 0.6) is 0 Å². The van der Waals surface area contributed by atoms with E-state index in [4.69, 9.17) is 12.2 Å². The number of nitrogens with one attached hydrogen (secondary N) is 1. The van der Waals surface area contributed by atoms with E-state index in [-0.39, 0.29) is 0 Å². The van der Waals surface area contributed by atoms with Gasteiger partial charge in [0.25, 0.3) is 0 Å². The quantitative estimate of drug-likeness (QED) is 0.809. The van der Waals surface area contributed by atoms with E-state index in [1.54, 1.807) is 0 Å². The molecular formula is C14H16F2N2S. The third kappa shape index (κ3) is 2.31. The normalized spacial score (nSPS) is 23.3. The first-order valence-electron chi connectivity index (χ1n) is 6.62. The standard InChI is InChI=1S/C14H16F2N2S/c1-8-2-3-9(4-8)7-18-12-6-10(15)5-11(16)13(12)17-14(18)19/h5-6,8-9H,2-4,7H2,1H3,(H,17,19). The van der Waals surface area contributed by atoms with Crippen LogP contribution in [0.25, 0.3) is 11.0 Å². The molecular weight excluding hydrogens is 266 g/mol. The molecule has 1 aromatic carbocycles. The van der Waals surface area contributed by atoms with Crippen molar-refractivity contribution in [1.29, 1.82) is 0 Å². The number of benzene rings is 1. The molecule has 3 rings (SSSR count). The van der Waals surface area contributed by atoms with E-state index in [0.29, 0.717) is 21.7 Å². The number of hydrogen-bond donors (Lipinski definition) is 1. The average Bonchev–Trinajstić information content (AvgIpc) is 2.87. The molecule has 1 fully saturated rings. The fourth-order valence-corrected chi connectivity index (χ4v) is 3.39. The molecule has 1 saturated carbocycles. The highest BCUT2D eigenvalue weighted by Crippen LogP contribution is 2.32. The molecule has 2 nitrogen and oxygen atoms in total. The van der Waals surface area contributed by atoms with Gasteiger partial charge in [0.15, 0.2) is 10.6 Å². The SMILES string of the molecule is CC1CCC(Cn2c(=S)[nH]c3c(F)cc(F)cc32)C1. The van der Waals surface area contributed by atoms with Crippen LogP contribution in [0.1, 0.15) is 26.2 Å². The second kappa shape index (κ2) is 4.71. The van der Waals surface area contributed by atoms with Crippen LogP contribution in [0.3, 0.4) is 0 Å². The van der Waals surface area contributed by atoms with Gasteiger partial charge in [-0.3, -0.25) is 0 Å². The lowest BCUT2D eigenvalue weighted by Crippen LogP contribution is -2.08. The molecule has 1 aliphatic carbocycles. The van der Waals surface area contributed by atoms with E-state index in [9.17, 15) is 8.78 Å². The lowest BCUT2D eigenvalue weighted by Gasteiger charge is -2.11. The molecule has 0 amide bonds. The van der Waals surface area contributed by atoms with Crippen molar-refractivity contribution < 1.29 is 8.78 Å². The average molecular weight is 282 g/mol. The van der Waals surface area contributed by atoms with Crippen molar-refractivity contribution in [2.45, 2.75) is 32.7 Å². The number of fused-ring (bicyclic) bond motifs is 1. The third-order valence-electron chi connectivity index (χ3n) is 4.05. The van der Waals surface area contributed by atoms with Gasteiger partial charge in [-0.1, -0.05) is 13.3 Å². The minimum atomic E-state index is -0.584. The summed E-state index contributed by atoms with van der Waals surface area (Å²) >= 11 is 5.24. The molecule has 1 heterocycles. The van der Waals surface area contributed by atoms with Gasteiger partial charge in [0.1, 0.15) is 11.3 Å². The van der Waals surface area contributed by atoms with Crippen LogP contribution in [-0.4, -0.2) is 9.55 Å². The molecule has 2 atom stereocenters. The van der Waals surface area contributed by atoms with E-state index >= 15 is 0 Å². The number of H-pyrrole nitrogens is 1. The Morgan fingerprint density at radius 1 is 1.37 bits per heavy atom. The van der Waals surface area contributed by atoms with E-state index < -0.39 is 11.6 Å². The summed E-state index contributed by atoms with van der Waals surface area (Å²) in [5.74, 6) is 0.136. The summed E-state index contributed by atoms with van der Waals surface area (Å²) in [5.41, 5.74) is 0.833. The van der Waals surface area contributed by atoms with Crippen molar-refractivity contribution >= 4 is 23.3 Å². The molecule has 0 radical (unpaired) electrons. The summed E-state index contributed by atoms with van der Waals surface area (Å²) in [7, 11) is 0. The Labute approximate surface area is 115 Å². The van der Waals surface area contributed by atoms with Crippen molar-refractivity contribution in [2.24, 2.45) is 11.8 Å². The molecule has 1 N–H and O–H groups in total. The first-order chi connectivity index (χ1) is 9.04. The number of aromatic amines is 1. The molecule has 0 aliphatic heterocycles. The third-order valence-corrected chi connectivity index (χ3v) is 4.37. The molecule has 0 saturated heterocycles. The first kappa shape index (κ1) is 12.8. The number of halogens is 2. The van der Waals surface area contributed by atoms with Gasteiger partial charge >= 0.3 is 0 Å². The van der Waals surface area contributed by atoms with Crippen molar-refractivity contribution in [2.75, 3.05) is 0 Å². The minimum absolute atomic E-state index is 0.303. The molecule has 5 heteroatoms. The maximum atomic E-state index is 13.7. The minimum Gasteiger partial charge on any atom is -0.328 e. The van der Waals surface area contributed by atoms with Crippen LogP contribution in [0.2, 0.25) is 0 Å². The van der Waals surface area contributed by atoms with E-state index in [1.165, 1.54) is 12.5 Å². The van der Waals surface area contributed by atoms with Crippen LogP contribution in [0.4, 0.5) is 8.78 Å². The molecule has 1 aromatic heterocycles. The van der Waals surface area contributed by atoms with Gasteiger partial charge in [-0.25, -0.2) is 8.78 Å². The van der Waals surface area contributed by atoms with Crippen molar-refractivity contribution in [3.63, 3.8) is 0 Å². The van der Waals surface area contributed by atoms with Gasteiger partial charge in [-0.15, -0.1) is 0 Å². The lowest BCUT2D eigenvalue weighted by atomic mass is 10.1. The highest BCUT2D eigenvalue weighted by Gasteiger charge is 2.23. The Bertz CT molecular complexity index is 674. The molecule has 102 valence electrons. The Balaban J connectivity index is 2.03. The summed E-state index contributed by atoms with van der Waals surface area (Å²) in [6.45, 7) is 2.99. The van der Waals surface area contributed by atoms with Gasteiger partial charge in [-0.2, -0.15) is 0 Å². The van der Waals surface area contributed by atoms with Crippen molar-refractivity contribution in [1.82, 2.24) is 9.55 Å². The first-order valence-corrected chi connectivity index (χ1v) is 7.03. The zero-order valence-corrected chi connectivity index (χ0v) is 11.6. The van der Waals surface area contributed by atoms with Crippen molar-refractivity contribution in [3.8, 4) is 0 Å². The highest BCUT2D eigenvalue weighted by molar-refractivity contribution is 7.71. The van der Waals surface area contributed by atoms with Gasteiger partial charge in [0.2, 0.25) is 0 Å². The molecule has 0 bridgehead atoms. The maximum absolute atomic E-state index is 13.7. The molecule has 0 spiro atoms. The Morgan fingerprint density at radius 2 is 2.16 bits per heavy atom. The monoisotopic (exact) mass is 282 g/mol. The van der Waals surface area contributed by atoms with Gasteiger partial charge in [0.05, 0.1) is 5.52 Å². The van der Waals surface area contributed by atoms with Gasteiger partial charge < -0.3 is 9.55 Å². The topological polar surface area (TPSA) is 20.7 Å². The number of rotatable bonds is 2. The summed E-state index contributed by atoms with van der Waals surface area (Å²) in [5, 5.41) is 0. The highest BCUT2D eigenvalue weighted by atomic mass is 32.1. The Kier molecular flexibility index (Phi) is 3.17. The smallest absolute Gasteiger partial charge is 0.178 e. The van der Waals surface area contributed by atoms with Crippen LogP contribution in [-0.2, 0) is 6.54 Å². The van der Waals surface area contributed by atoms with E-state index in [1.807, 2.05) is 4.57 Å². The van der Waals surface area contributed by atoms with E-state index in [0.717, 1.165) is 31.4 Å². The van der Waals surface area contributed by atoms with Crippen molar-refractivity contribution in [3.05, 3.63) is 28.5 Å². The zero-order valence-electron chi connectivity index (χ0n) is 10.7. The van der Waals surface area contributed by atoms with Crippen LogP contribution >= 0.6 is 12.2 Å². The molecule has 19 heavy (non-hydrogen) atoms. The number of nitrogens with zero attached hydrogens (tertiary/aromatic N) is 1. The molecule has 2 aromatic rings. The predicted molar refractivity (Wildman–Crippen MR) is 73.5 cm³/mol. The Morgan fingerprint density at radius 3 is 2.84 bits per heavy atom. The summed E-state index contributed by atoms with van der Waals surface area (Å²) < 4.78 is 29.4. The number of aromatic nitrogens is 2. The molecule has 1 aliphatic rings. The van der Waals surface area contributed by atoms with Crippen LogP contribution in [0, 0.1) is 28.2 Å². The largest absolute Gasteiger partial charge is 0.328 e. The zero-order chi connectivity index (χ0) is 13.6. The number of imidazole rings is 1. The van der Waals surface area contributed by atoms with Crippen LogP contribution in [0.15, 0.2) is 12.1 Å². The van der Waals surface area contributed by atoms with Gasteiger partial charge in [-0.05, 0) is 43.0 Å². The Hall–Kier alpha value is -1.23. The summed E-state index contributed by atoms with van der Waals surface area (Å²) in [6.07, 6.45) is 3.54. The molecule has 2 unspecified atom stereocenters. The number of hydrogen-bond acceptors (Lipinski definition) is 1. The fourth-order valence-electron chi connectivity index (χ4n) is 3.11. The summed E-state index contributed by atoms with van der Waals surface area (Å²) in [6, 6.07) is 2.23. The van der Waals surface area contributed by atoms with Gasteiger partial charge in [0, 0.05) is 12.6 Å². The van der Waals surface area contributed by atoms with Crippen LogP contribution < -0.4 is 0 Å². The summed E-state index contributed by atoms with van der Waals surface area (Å²) in [4.78, 5) is 2.84. The second-order valence-corrected chi connectivity index (χ2v) is 5.99. The second-order valence-electron chi connectivity index (χ2n) is 5.61. The predicted octanol–water partition coefficient (Wildman–Crippen LogP) is 4.41.